The summed E-state index contributed by atoms with van der Waals surface area (Å²) >= 11 is 0. The van der Waals surface area contributed by atoms with E-state index < -0.39 is 28.6 Å². The van der Waals surface area contributed by atoms with Crippen molar-refractivity contribution in [2.45, 2.75) is 17.9 Å². The van der Waals surface area contributed by atoms with E-state index in [1.54, 1.807) is 18.2 Å². The third-order valence-corrected chi connectivity index (χ3v) is 6.39. The molecule has 3 N–H and O–H groups in total. The average molecular weight is 480 g/mol. The molecule has 0 bridgehead atoms. The summed E-state index contributed by atoms with van der Waals surface area (Å²) in [6.45, 7) is 0.834. The van der Waals surface area contributed by atoms with Crippen LogP contribution < -0.4 is 24.8 Å². The van der Waals surface area contributed by atoms with Crippen LogP contribution in [0.3, 0.4) is 0 Å². The number of fused-ring (bicyclic) bond motifs is 1. The van der Waals surface area contributed by atoms with Crippen molar-refractivity contribution in [2.24, 2.45) is 0 Å². The maximum atomic E-state index is 12.6. The van der Waals surface area contributed by atoms with Gasteiger partial charge in [0.1, 0.15) is 18.5 Å². The number of rotatable bonds is 10. The van der Waals surface area contributed by atoms with Crippen LogP contribution >= 0.6 is 0 Å². The second-order valence-corrected chi connectivity index (χ2v) is 9.30. The predicted octanol–water partition coefficient (Wildman–Crippen LogP) is 0.550. The minimum atomic E-state index is -3.92. The molecule has 0 fully saturated rings. The summed E-state index contributed by atoms with van der Waals surface area (Å²) in [5, 5.41) is 15.1. The van der Waals surface area contributed by atoms with Gasteiger partial charge >= 0.3 is 0 Å². The van der Waals surface area contributed by atoms with E-state index in [2.05, 4.69) is 10.6 Å². The molecule has 12 heteroatoms. The molecule has 2 amide bonds. The number of sulfonamides is 1. The lowest BCUT2D eigenvalue weighted by molar-refractivity contribution is -0.121. The largest absolute Gasteiger partial charge is 0.491 e. The van der Waals surface area contributed by atoms with E-state index in [1.807, 2.05) is 0 Å². The van der Waals surface area contributed by atoms with Crippen molar-refractivity contribution in [3.63, 3.8) is 0 Å². The van der Waals surface area contributed by atoms with Gasteiger partial charge in [-0.05, 0) is 36.4 Å². The van der Waals surface area contributed by atoms with Crippen LogP contribution in [0.15, 0.2) is 47.4 Å². The third kappa shape index (κ3) is 6.57. The topological polar surface area (TPSA) is 144 Å². The van der Waals surface area contributed by atoms with Crippen LogP contribution in [0.1, 0.15) is 6.92 Å². The van der Waals surface area contributed by atoms with Gasteiger partial charge in [0, 0.05) is 32.3 Å². The van der Waals surface area contributed by atoms with E-state index in [4.69, 9.17) is 14.2 Å². The normalized spacial score (nSPS) is 13.5. The van der Waals surface area contributed by atoms with Crippen molar-refractivity contribution in [3.05, 3.63) is 42.5 Å². The summed E-state index contributed by atoms with van der Waals surface area (Å²) in [7, 11) is -2.65. The molecule has 1 unspecified atom stereocenters. The highest BCUT2D eigenvalue weighted by molar-refractivity contribution is 7.89. The molecule has 0 radical (unpaired) electrons. The first kappa shape index (κ1) is 24.3. The molecule has 178 valence electrons. The van der Waals surface area contributed by atoms with E-state index in [0.29, 0.717) is 22.9 Å². The predicted molar refractivity (Wildman–Crippen MR) is 118 cm³/mol. The molecule has 2 aromatic carbocycles. The van der Waals surface area contributed by atoms with Crippen molar-refractivity contribution in [3.8, 4) is 17.2 Å². The number of carbonyl (C=O) groups is 2. The highest BCUT2D eigenvalue weighted by Crippen LogP contribution is 2.35. The van der Waals surface area contributed by atoms with E-state index in [9.17, 15) is 23.1 Å². The van der Waals surface area contributed by atoms with Crippen molar-refractivity contribution < 1.29 is 37.3 Å². The number of benzene rings is 2. The van der Waals surface area contributed by atoms with Crippen molar-refractivity contribution in [1.29, 1.82) is 0 Å². The Morgan fingerprint density at radius 2 is 1.85 bits per heavy atom. The molecule has 1 atom stereocenters. The Bertz CT molecular complexity index is 1100. The number of aliphatic hydroxyl groups excluding tert-OH is 1. The summed E-state index contributed by atoms with van der Waals surface area (Å²) in [5.74, 6) is 0.767. The highest BCUT2D eigenvalue weighted by Gasteiger charge is 2.23. The van der Waals surface area contributed by atoms with Gasteiger partial charge in [0.05, 0.1) is 11.4 Å². The van der Waals surface area contributed by atoms with E-state index in [0.717, 1.165) is 4.31 Å². The molecule has 1 aliphatic rings. The van der Waals surface area contributed by atoms with Gasteiger partial charge in [-0.3, -0.25) is 9.59 Å². The minimum absolute atomic E-state index is 0.0240. The Morgan fingerprint density at radius 1 is 1.15 bits per heavy atom. The Morgan fingerprint density at radius 3 is 2.55 bits per heavy atom. The van der Waals surface area contributed by atoms with Gasteiger partial charge in [-0.25, -0.2) is 8.42 Å². The molecule has 33 heavy (non-hydrogen) atoms. The molecule has 1 heterocycles. The summed E-state index contributed by atoms with van der Waals surface area (Å²) in [4.78, 5) is 23.2. The van der Waals surface area contributed by atoms with Crippen LogP contribution in [-0.4, -0.2) is 69.3 Å². The van der Waals surface area contributed by atoms with Crippen LogP contribution in [0.4, 0.5) is 5.69 Å². The number of amides is 2. The van der Waals surface area contributed by atoms with Gasteiger partial charge in [-0.2, -0.15) is 4.31 Å². The Labute approximate surface area is 191 Å². The SMILES string of the molecule is CC(=O)Nc1ccc(S(=O)(=O)N(C)CC(=O)NCC(O)COc2ccc3c(c2)OCO3)cc1. The lowest BCUT2D eigenvalue weighted by Crippen LogP contribution is -2.42. The number of nitrogens with one attached hydrogen (secondary N) is 2. The van der Waals surface area contributed by atoms with Crippen LogP contribution in [0.25, 0.3) is 0 Å². The van der Waals surface area contributed by atoms with Gasteiger partial charge in [-0.1, -0.05) is 0 Å². The fourth-order valence-corrected chi connectivity index (χ4v) is 4.01. The average Bonchev–Trinajstić information content (AvgIpc) is 3.24. The summed E-state index contributed by atoms with van der Waals surface area (Å²) in [6.07, 6.45) is -1.01. The fourth-order valence-electron chi connectivity index (χ4n) is 2.89. The number of ether oxygens (including phenoxy) is 3. The lowest BCUT2D eigenvalue weighted by Gasteiger charge is -2.18. The molecule has 3 rings (SSSR count). The van der Waals surface area contributed by atoms with Crippen LogP contribution in [0.2, 0.25) is 0 Å². The monoisotopic (exact) mass is 479 g/mol. The molecule has 0 saturated carbocycles. The number of anilines is 1. The van der Waals surface area contributed by atoms with Gasteiger partial charge in [0.2, 0.25) is 28.6 Å². The molecule has 2 aromatic rings. The third-order valence-electron chi connectivity index (χ3n) is 4.57. The molecule has 0 spiro atoms. The first-order chi connectivity index (χ1) is 15.6. The van der Waals surface area contributed by atoms with E-state index >= 15 is 0 Å². The zero-order chi connectivity index (χ0) is 24.0. The quantitative estimate of drug-likeness (QED) is 0.448. The first-order valence-corrected chi connectivity index (χ1v) is 11.4. The molecule has 0 aromatic heterocycles. The first-order valence-electron chi connectivity index (χ1n) is 9.96. The van der Waals surface area contributed by atoms with Crippen LogP contribution in [0, 0.1) is 0 Å². The standard InChI is InChI=1S/C21H25N3O8S/c1-14(25)23-15-3-6-18(7-4-15)33(28,29)24(2)11-21(27)22-10-16(26)12-30-17-5-8-19-20(9-17)32-13-31-19/h3-9,16,26H,10-13H2,1-2H3,(H,22,27)(H,23,25). The lowest BCUT2D eigenvalue weighted by atomic mass is 10.3. The highest BCUT2D eigenvalue weighted by atomic mass is 32.2. The zero-order valence-electron chi connectivity index (χ0n) is 18.1. The Kier molecular flexibility index (Phi) is 7.74. The van der Waals surface area contributed by atoms with E-state index in [-0.39, 0.29) is 30.7 Å². The van der Waals surface area contributed by atoms with Gasteiger partial charge < -0.3 is 30.0 Å². The molecular weight excluding hydrogens is 454 g/mol. The number of aliphatic hydroxyl groups is 1. The zero-order valence-corrected chi connectivity index (χ0v) is 18.9. The molecule has 1 aliphatic heterocycles. The number of nitrogens with zero attached hydrogens (tertiary/aromatic N) is 1. The van der Waals surface area contributed by atoms with E-state index in [1.165, 1.54) is 38.2 Å². The molecule has 11 nitrogen and oxygen atoms in total. The number of hydrogen-bond acceptors (Lipinski definition) is 8. The minimum Gasteiger partial charge on any atom is -0.491 e. The summed E-state index contributed by atoms with van der Waals surface area (Å²) < 4.78 is 42.1. The van der Waals surface area contributed by atoms with Gasteiger partial charge in [0.15, 0.2) is 11.5 Å². The Hall–Kier alpha value is -3.35. The summed E-state index contributed by atoms with van der Waals surface area (Å²) in [6, 6.07) is 10.6. The van der Waals surface area contributed by atoms with Gasteiger partial charge in [-0.15, -0.1) is 0 Å². The summed E-state index contributed by atoms with van der Waals surface area (Å²) in [5.41, 5.74) is 0.457. The number of carbonyl (C=O) groups excluding carboxylic acids is 2. The van der Waals surface area contributed by atoms with Crippen molar-refractivity contribution >= 4 is 27.5 Å². The maximum absolute atomic E-state index is 12.6. The van der Waals surface area contributed by atoms with Crippen molar-refractivity contribution in [1.82, 2.24) is 9.62 Å². The number of hydrogen-bond donors (Lipinski definition) is 3. The fraction of sp³-hybridized carbons (Fsp3) is 0.333. The second-order valence-electron chi connectivity index (χ2n) is 7.25. The molecule has 0 aliphatic carbocycles. The number of likely N-dealkylation sites (N-methyl/N-ethyl adjacent to an activating group) is 1. The second kappa shape index (κ2) is 10.5. The van der Waals surface area contributed by atoms with Crippen molar-refractivity contribution in [2.75, 3.05) is 38.9 Å². The van der Waals surface area contributed by atoms with Crippen LogP contribution in [-0.2, 0) is 19.6 Å². The van der Waals surface area contributed by atoms with Gasteiger partial charge in [0.25, 0.3) is 0 Å². The maximum Gasteiger partial charge on any atom is 0.243 e. The smallest absolute Gasteiger partial charge is 0.243 e. The van der Waals surface area contributed by atoms with Crippen LogP contribution in [0.5, 0.6) is 17.2 Å². The molecule has 0 saturated heterocycles. The Balaban J connectivity index is 1.44. The molecular formula is C21H25N3O8S.